The monoisotopic (exact) mass is 510 g/mol. The van der Waals surface area contributed by atoms with Gasteiger partial charge in [-0.3, -0.25) is 10.1 Å². The van der Waals surface area contributed by atoms with Gasteiger partial charge in [-0.2, -0.15) is 0 Å². The Kier molecular flexibility index (Phi) is 7.66. The molecule has 0 saturated heterocycles. The van der Waals surface area contributed by atoms with Gasteiger partial charge in [0.05, 0.1) is 5.69 Å². The van der Waals surface area contributed by atoms with Gasteiger partial charge in [0.15, 0.2) is 5.11 Å². The van der Waals surface area contributed by atoms with Crippen LogP contribution in [0.1, 0.15) is 42.1 Å². The quantitative estimate of drug-likeness (QED) is 0.207. The number of hydrogen-bond acceptors (Lipinski definition) is 4. The standard InChI is InChI=1S/C31H30N2O3S/c1-2-3-19-29(35-27-17-9-14-22-11-7-8-15-24(22)27)36-28-18-10-16-26-25(28)20-21-33(26)31(37)32-30(34)23-12-5-4-6-13-23/h4-18,29H,2-3,19-21H2,1H3,(H,32,34,37). The summed E-state index contributed by atoms with van der Waals surface area (Å²) in [6.07, 6.45) is 3.16. The molecule has 1 amide bonds. The van der Waals surface area contributed by atoms with Crippen molar-refractivity contribution in [2.24, 2.45) is 0 Å². The van der Waals surface area contributed by atoms with Crippen LogP contribution < -0.4 is 19.7 Å². The fourth-order valence-corrected chi connectivity index (χ4v) is 4.93. The van der Waals surface area contributed by atoms with Gasteiger partial charge in [0.2, 0.25) is 6.29 Å². The number of nitrogens with zero attached hydrogens (tertiary/aromatic N) is 1. The summed E-state index contributed by atoms with van der Waals surface area (Å²) in [6, 6.07) is 29.4. The summed E-state index contributed by atoms with van der Waals surface area (Å²) in [7, 11) is 0. The van der Waals surface area contributed by atoms with Crippen molar-refractivity contribution in [2.75, 3.05) is 11.4 Å². The van der Waals surface area contributed by atoms with E-state index in [1.807, 2.05) is 65.6 Å². The first-order valence-corrected chi connectivity index (χ1v) is 13.2. The molecule has 5 nitrogen and oxygen atoms in total. The molecule has 0 aliphatic carbocycles. The van der Waals surface area contributed by atoms with Crippen LogP contribution in [0, 0.1) is 0 Å². The lowest BCUT2D eigenvalue weighted by atomic mass is 10.1. The molecule has 5 rings (SSSR count). The number of rotatable bonds is 8. The van der Waals surface area contributed by atoms with Gasteiger partial charge in [0.1, 0.15) is 11.5 Å². The lowest BCUT2D eigenvalue weighted by molar-refractivity contribution is -0.00151. The minimum absolute atomic E-state index is 0.213. The van der Waals surface area contributed by atoms with Gasteiger partial charge < -0.3 is 14.4 Å². The van der Waals surface area contributed by atoms with Gasteiger partial charge in [0.25, 0.3) is 5.91 Å². The number of ether oxygens (including phenoxy) is 2. The molecule has 4 aromatic rings. The number of nitrogens with one attached hydrogen (secondary N) is 1. The van der Waals surface area contributed by atoms with E-state index in [1.165, 1.54) is 0 Å². The van der Waals surface area contributed by atoms with Crippen molar-refractivity contribution in [2.45, 2.75) is 38.9 Å². The van der Waals surface area contributed by atoms with Crippen LogP contribution >= 0.6 is 12.2 Å². The maximum absolute atomic E-state index is 12.6. The number of carbonyl (C=O) groups is 1. The van der Waals surface area contributed by atoms with Crippen molar-refractivity contribution in [1.82, 2.24) is 5.32 Å². The van der Waals surface area contributed by atoms with E-state index >= 15 is 0 Å². The van der Waals surface area contributed by atoms with Gasteiger partial charge in [-0.25, -0.2) is 0 Å². The van der Waals surface area contributed by atoms with Gasteiger partial charge in [-0.1, -0.05) is 74.0 Å². The van der Waals surface area contributed by atoms with E-state index in [2.05, 4.69) is 30.4 Å². The minimum Gasteiger partial charge on any atom is -0.455 e. The maximum Gasteiger partial charge on any atom is 0.257 e. The Balaban J connectivity index is 1.34. The zero-order valence-electron chi connectivity index (χ0n) is 20.9. The first-order valence-electron chi connectivity index (χ1n) is 12.7. The molecule has 1 aliphatic heterocycles. The molecular formula is C31H30N2O3S. The maximum atomic E-state index is 12.6. The SMILES string of the molecule is CCCCC(Oc1cccc2c1CCN2C(=S)NC(=O)c1ccccc1)Oc1cccc2ccccc12. The van der Waals surface area contributed by atoms with Crippen LogP contribution in [0.5, 0.6) is 11.5 Å². The van der Waals surface area contributed by atoms with E-state index < -0.39 is 6.29 Å². The number of fused-ring (bicyclic) bond motifs is 2. The predicted molar refractivity (Wildman–Crippen MR) is 153 cm³/mol. The molecule has 1 unspecified atom stereocenters. The molecule has 0 bridgehead atoms. The highest BCUT2D eigenvalue weighted by Crippen LogP contribution is 2.36. The molecule has 188 valence electrons. The second-order valence-electron chi connectivity index (χ2n) is 9.07. The predicted octanol–water partition coefficient (Wildman–Crippen LogP) is 6.89. The number of amides is 1. The first kappa shape index (κ1) is 24.8. The third-order valence-electron chi connectivity index (χ3n) is 6.55. The van der Waals surface area contributed by atoms with E-state index in [9.17, 15) is 4.79 Å². The number of anilines is 1. The van der Waals surface area contributed by atoms with Crippen molar-refractivity contribution in [3.8, 4) is 11.5 Å². The van der Waals surface area contributed by atoms with Crippen molar-refractivity contribution in [3.63, 3.8) is 0 Å². The second kappa shape index (κ2) is 11.4. The summed E-state index contributed by atoms with van der Waals surface area (Å²) < 4.78 is 13.0. The summed E-state index contributed by atoms with van der Waals surface area (Å²) >= 11 is 5.61. The minimum atomic E-state index is -0.420. The molecule has 0 saturated carbocycles. The molecular weight excluding hydrogens is 480 g/mol. The Bertz CT molecular complexity index is 1400. The number of carbonyl (C=O) groups excluding carboxylic acids is 1. The third-order valence-corrected chi connectivity index (χ3v) is 6.87. The summed E-state index contributed by atoms with van der Waals surface area (Å²) in [4.78, 5) is 14.6. The van der Waals surface area contributed by atoms with E-state index in [1.54, 1.807) is 12.1 Å². The van der Waals surface area contributed by atoms with E-state index in [0.29, 0.717) is 17.2 Å². The number of unbranched alkanes of at least 4 members (excludes halogenated alkanes) is 1. The third kappa shape index (κ3) is 5.59. The van der Waals surface area contributed by atoms with Crippen molar-refractivity contribution >= 4 is 39.7 Å². The summed E-state index contributed by atoms with van der Waals surface area (Å²) in [5.41, 5.74) is 2.60. The van der Waals surface area contributed by atoms with Crippen LogP contribution in [0.25, 0.3) is 10.8 Å². The molecule has 4 aromatic carbocycles. The van der Waals surface area contributed by atoms with Crippen LogP contribution in [-0.2, 0) is 6.42 Å². The van der Waals surface area contributed by atoms with E-state index in [0.717, 1.165) is 59.2 Å². The lowest BCUT2D eigenvalue weighted by Gasteiger charge is -2.24. The van der Waals surface area contributed by atoms with Crippen molar-refractivity contribution in [1.29, 1.82) is 0 Å². The molecule has 1 N–H and O–H groups in total. The highest BCUT2D eigenvalue weighted by molar-refractivity contribution is 7.80. The van der Waals surface area contributed by atoms with Gasteiger partial charge >= 0.3 is 0 Å². The van der Waals surface area contributed by atoms with Gasteiger partial charge in [-0.05, 0) is 60.8 Å². The number of thiocarbonyl (C=S) groups is 1. The fourth-order valence-electron chi connectivity index (χ4n) is 4.64. The summed E-state index contributed by atoms with van der Waals surface area (Å²) in [6.45, 7) is 2.84. The van der Waals surface area contributed by atoms with Gasteiger partial charge in [-0.15, -0.1) is 0 Å². The Morgan fingerprint density at radius 1 is 0.919 bits per heavy atom. The number of hydrogen-bond donors (Lipinski definition) is 1. The fraction of sp³-hybridized carbons (Fsp3) is 0.226. The average molecular weight is 511 g/mol. The van der Waals surface area contributed by atoms with E-state index in [4.69, 9.17) is 21.7 Å². The molecule has 0 aromatic heterocycles. The largest absolute Gasteiger partial charge is 0.455 e. The van der Waals surface area contributed by atoms with Crippen LogP contribution in [0.2, 0.25) is 0 Å². The highest BCUT2D eigenvalue weighted by Gasteiger charge is 2.27. The molecule has 1 aliphatic rings. The molecule has 0 fully saturated rings. The lowest BCUT2D eigenvalue weighted by Crippen LogP contribution is -2.41. The van der Waals surface area contributed by atoms with Gasteiger partial charge in [0, 0.05) is 29.5 Å². The highest BCUT2D eigenvalue weighted by atomic mass is 32.1. The Hall–Kier alpha value is -3.90. The zero-order chi connectivity index (χ0) is 25.6. The molecule has 0 spiro atoms. The Morgan fingerprint density at radius 3 is 2.46 bits per heavy atom. The normalized spacial score (nSPS) is 13.2. The summed E-state index contributed by atoms with van der Waals surface area (Å²) in [5.74, 6) is 1.39. The molecule has 1 heterocycles. The smallest absolute Gasteiger partial charge is 0.257 e. The Morgan fingerprint density at radius 2 is 1.62 bits per heavy atom. The van der Waals surface area contributed by atoms with Crippen molar-refractivity contribution < 1.29 is 14.3 Å². The average Bonchev–Trinajstić information content (AvgIpc) is 3.38. The van der Waals surface area contributed by atoms with E-state index in [-0.39, 0.29) is 5.91 Å². The Labute approximate surface area is 223 Å². The molecule has 0 radical (unpaired) electrons. The van der Waals surface area contributed by atoms with Crippen LogP contribution in [0.15, 0.2) is 91.0 Å². The van der Waals surface area contributed by atoms with Crippen LogP contribution in [0.4, 0.5) is 5.69 Å². The first-order chi connectivity index (χ1) is 18.1. The van der Waals surface area contributed by atoms with Crippen LogP contribution in [0.3, 0.4) is 0 Å². The number of benzene rings is 4. The molecule has 6 heteroatoms. The topological polar surface area (TPSA) is 50.8 Å². The van der Waals surface area contributed by atoms with Crippen molar-refractivity contribution in [3.05, 3.63) is 102 Å². The molecule has 37 heavy (non-hydrogen) atoms. The molecule has 1 atom stereocenters. The summed E-state index contributed by atoms with van der Waals surface area (Å²) in [5, 5.41) is 5.46. The zero-order valence-corrected chi connectivity index (χ0v) is 21.7. The van der Waals surface area contributed by atoms with Crippen LogP contribution in [-0.4, -0.2) is 23.9 Å². The second-order valence-corrected chi connectivity index (χ2v) is 9.45.